The average molecular weight is 207 g/mol. The van der Waals surface area contributed by atoms with Crippen LogP contribution < -0.4 is 0 Å². The summed E-state index contributed by atoms with van der Waals surface area (Å²) in [4.78, 5) is 8.31. The van der Waals surface area contributed by atoms with E-state index in [-0.39, 0.29) is 0 Å². The van der Waals surface area contributed by atoms with Gasteiger partial charge in [0.25, 0.3) is 0 Å². The summed E-state index contributed by atoms with van der Waals surface area (Å²) in [5, 5.41) is 0. The molecule has 0 radical (unpaired) electrons. The molecular formula is C9H20O3P+. The Kier molecular flexibility index (Phi) is 8.62. The molecule has 0 rings (SSSR count). The van der Waals surface area contributed by atoms with Crippen molar-refractivity contribution in [1.29, 1.82) is 0 Å². The van der Waals surface area contributed by atoms with Gasteiger partial charge in [0.05, 0.1) is 0 Å². The zero-order chi connectivity index (χ0) is 10.1. The van der Waals surface area contributed by atoms with Crippen LogP contribution in [-0.2, 0) is 9.09 Å². The van der Waals surface area contributed by atoms with Crippen LogP contribution in [0.5, 0.6) is 0 Å². The van der Waals surface area contributed by atoms with Crippen molar-refractivity contribution in [3.8, 4) is 0 Å². The molecule has 0 amide bonds. The normalized spacial score (nSPS) is 12.2. The van der Waals surface area contributed by atoms with E-state index in [0.717, 1.165) is 18.8 Å². The Hall–Kier alpha value is 0.0200. The molecule has 1 atom stereocenters. The van der Waals surface area contributed by atoms with E-state index in [4.69, 9.17) is 4.89 Å². The molecule has 0 aliphatic rings. The van der Waals surface area contributed by atoms with Gasteiger partial charge >= 0.3 is 8.25 Å². The van der Waals surface area contributed by atoms with Gasteiger partial charge in [-0.15, -0.1) is 9.42 Å². The topological polar surface area (TPSA) is 46.5 Å². The van der Waals surface area contributed by atoms with Crippen molar-refractivity contribution in [1.82, 2.24) is 0 Å². The monoisotopic (exact) mass is 207 g/mol. The molecule has 1 unspecified atom stereocenters. The molecular weight excluding hydrogens is 187 g/mol. The van der Waals surface area contributed by atoms with E-state index in [1.165, 1.54) is 19.3 Å². The van der Waals surface area contributed by atoms with E-state index in [1.807, 2.05) is 0 Å². The van der Waals surface area contributed by atoms with Gasteiger partial charge < -0.3 is 0 Å². The Morgan fingerprint density at radius 3 is 2.38 bits per heavy atom. The summed E-state index contributed by atoms with van der Waals surface area (Å²) in [6.07, 6.45) is 5.71. The molecule has 0 heterocycles. The molecule has 78 valence electrons. The highest BCUT2D eigenvalue weighted by molar-refractivity contribution is 7.32. The van der Waals surface area contributed by atoms with Crippen molar-refractivity contribution in [2.75, 3.05) is 6.61 Å². The lowest BCUT2D eigenvalue weighted by molar-refractivity contribution is 0.273. The Bertz CT molecular complexity index is 137. The first kappa shape index (κ1) is 13.0. The summed E-state index contributed by atoms with van der Waals surface area (Å²) < 4.78 is 14.6. The maximum Gasteiger partial charge on any atom is 0.694 e. The van der Waals surface area contributed by atoms with Crippen LogP contribution in [0.25, 0.3) is 0 Å². The number of unbranched alkanes of at least 4 members (excludes halogenated alkanes) is 3. The summed E-state index contributed by atoms with van der Waals surface area (Å²) in [5.74, 6) is 0.781. The first-order chi connectivity index (χ1) is 6.13. The highest BCUT2D eigenvalue weighted by Crippen LogP contribution is 2.16. The SMILES string of the molecule is CC(C)CCCCCCO[P+](=O)O. The van der Waals surface area contributed by atoms with Gasteiger partial charge in [-0.05, 0) is 12.3 Å². The third-order valence-corrected chi connectivity index (χ3v) is 2.28. The summed E-state index contributed by atoms with van der Waals surface area (Å²) in [6.45, 7) is 4.85. The fraction of sp³-hybridized carbons (Fsp3) is 1.00. The van der Waals surface area contributed by atoms with Gasteiger partial charge in [0.1, 0.15) is 6.61 Å². The summed E-state index contributed by atoms with van der Waals surface area (Å²) in [5.41, 5.74) is 0. The first-order valence-electron chi connectivity index (χ1n) is 4.92. The summed E-state index contributed by atoms with van der Waals surface area (Å²) in [6, 6.07) is 0. The fourth-order valence-corrected chi connectivity index (χ4v) is 1.44. The van der Waals surface area contributed by atoms with E-state index < -0.39 is 8.25 Å². The lowest BCUT2D eigenvalue weighted by Gasteiger charge is -2.02. The van der Waals surface area contributed by atoms with Crippen LogP contribution in [0.15, 0.2) is 0 Å². The van der Waals surface area contributed by atoms with E-state index in [0.29, 0.717) is 6.61 Å². The second-order valence-electron chi connectivity index (χ2n) is 3.67. The number of rotatable bonds is 8. The van der Waals surface area contributed by atoms with E-state index >= 15 is 0 Å². The third-order valence-electron chi connectivity index (χ3n) is 1.88. The maximum absolute atomic E-state index is 10.1. The van der Waals surface area contributed by atoms with Crippen LogP contribution in [0.4, 0.5) is 0 Å². The van der Waals surface area contributed by atoms with Gasteiger partial charge in [-0.3, -0.25) is 0 Å². The standard InChI is InChI=1S/C9H19O3P/c1-9(2)7-5-3-4-6-8-12-13(10)11/h9H,3-8H2,1-2H3/p+1. The first-order valence-corrected chi connectivity index (χ1v) is 6.05. The molecule has 0 aromatic heterocycles. The van der Waals surface area contributed by atoms with Crippen LogP contribution in [0.2, 0.25) is 0 Å². The van der Waals surface area contributed by atoms with Crippen LogP contribution in [0.1, 0.15) is 46.0 Å². The van der Waals surface area contributed by atoms with Crippen molar-refractivity contribution in [3.05, 3.63) is 0 Å². The Morgan fingerprint density at radius 1 is 1.23 bits per heavy atom. The molecule has 0 saturated heterocycles. The molecule has 3 nitrogen and oxygen atoms in total. The van der Waals surface area contributed by atoms with Crippen LogP contribution in [-0.4, -0.2) is 11.5 Å². The Labute approximate surface area is 81.4 Å². The summed E-state index contributed by atoms with van der Waals surface area (Å²) in [7, 11) is -2.39. The van der Waals surface area contributed by atoms with Crippen LogP contribution in [0, 0.1) is 5.92 Å². The lowest BCUT2D eigenvalue weighted by atomic mass is 10.0. The molecule has 0 aliphatic carbocycles. The van der Waals surface area contributed by atoms with Crippen LogP contribution in [0.3, 0.4) is 0 Å². The van der Waals surface area contributed by atoms with E-state index in [2.05, 4.69) is 18.4 Å². The van der Waals surface area contributed by atoms with Crippen molar-refractivity contribution < 1.29 is 14.0 Å². The minimum Gasteiger partial charge on any atom is -0.133 e. The molecule has 1 N–H and O–H groups in total. The fourth-order valence-electron chi connectivity index (χ4n) is 1.15. The zero-order valence-corrected chi connectivity index (χ0v) is 9.43. The van der Waals surface area contributed by atoms with Crippen molar-refractivity contribution in [2.24, 2.45) is 5.92 Å². The molecule has 0 saturated carbocycles. The van der Waals surface area contributed by atoms with Crippen molar-refractivity contribution >= 4 is 8.25 Å². The van der Waals surface area contributed by atoms with Crippen molar-refractivity contribution in [3.63, 3.8) is 0 Å². The van der Waals surface area contributed by atoms with Gasteiger partial charge in [0.15, 0.2) is 0 Å². The highest BCUT2D eigenvalue weighted by atomic mass is 31.1. The molecule has 0 spiro atoms. The van der Waals surface area contributed by atoms with Gasteiger partial charge in [-0.1, -0.05) is 39.5 Å². The zero-order valence-electron chi connectivity index (χ0n) is 8.53. The third kappa shape index (κ3) is 12.0. The minimum atomic E-state index is -2.39. The Morgan fingerprint density at radius 2 is 1.85 bits per heavy atom. The predicted molar refractivity (Wildman–Crippen MR) is 53.7 cm³/mol. The smallest absolute Gasteiger partial charge is 0.133 e. The second kappa shape index (κ2) is 8.61. The minimum absolute atomic E-state index is 0.410. The highest BCUT2D eigenvalue weighted by Gasteiger charge is 2.09. The predicted octanol–water partition coefficient (Wildman–Crippen LogP) is 3.26. The molecule has 0 aliphatic heterocycles. The van der Waals surface area contributed by atoms with E-state index in [1.54, 1.807) is 0 Å². The number of hydrogen-bond acceptors (Lipinski definition) is 2. The van der Waals surface area contributed by atoms with Gasteiger partial charge in [0.2, 0.25) is 0 Å². The molecule has 0 fully saturated rings. The molecule has 0 aromatic rings. The largest absolute Gasteiger partial charge is 0.694 e. The maximum atomic E-state index is 10.1. The Balaban J connectivity index is 2.96. The quantitative estimate of drug-likeness (QED) is 0.491. The van der Waals surface area contributed by atoms with Crippen molar-refractivity contribution in [2.45, 2.75) is 46.0 Å². The van der Waals surface area contributed by atoms with Gasteiger partial charge in [-0.2, -0.15) is 0 Å². The average Bonchev–Trinajstić information content (AvgIpc) is 2.01. The second-order valence-corrected chi connectivity index (χ2v) is 4.40. The summed E-state index contributed by atoms with van der Waals surface area (Å²) >= 11 is 0. The molecule has 0 aromatic carbocycles. The number of hydrogen-bond donors (Lipinski definition) is 1. The molecule has 4 heteroatoms. The van der Waals surface area contributed by atoms with Gasteiger partial charge in [0, 0.05) is 4.57 Å². The molecule has 13 heavy (non-hydrogen) atoms. The lowest BCUT2D eigenvalue weighted by Crippen LogP contribution is -1.89. The van der Waals surface area contributed by atoms with Gasteiger partial charge in [-0.25, -0.2) is 0 Å². The van der Waals surface area contributed by atoms with E-state index in [9.17, 15) is 4.57 Å². The van der Waals surface area contributed by atoms with Crippen LogP contribution >= 0.6 is 8.25 Å². The molecule has 0 bridgehead atoms.